The molecule has 0 saturated heterocycles. The first-order valence-corrected chi connectivity index (χ1v) is 19.6. The van der Waals surface area contributed by atoms with Gasteiger partial charge in [-0.1, -0.05) is 135 Å². The van der Waals surface area contributed by atoms with Gasteiger partial charge < -0.3 is 8.23 Å². The summed E-state index contributed by atoms with van der Waals surface area (Å²) < 4.78 is 15.1. The molecule has 4 aromatic rings. The van der Waals surface area contributed by atoms with Crippen LogP contribution >= 0.6 is 0 Å². The van der Waals surface area contributed by atoms with Gasteiger partial charge in [0.15, 0.2) is 0 Å². The average Bonchev–Trinajstić information content (AvgIpc) is 2.94. The van der Waals surface area contributed by atoms with E-state index in [1.165, 1.54) is 20.7 Å². The van der Waals surface area contributed by atoms with Crippen molar-refractivity contribution in [3.63, 3.8) is 0 Å². The van der Waals surface area contributed by atoms with Crippen LogP contribution in [0.1, 0.15) is 13.8 Å². The Bertz CT molecular complexity index is 1010. The summed E-state index contributed by atoms with van der Waals surface area (Å²) >= 11 is 0. The molecule has 180 valence electrons. The molecule has 0 heterocycles. The number of hydrogen-bond donors (Lipinski definition) is 0. The lowest BCUT2D eigenvalue weighted by Crippen LogP contribution is -2.70. The van der Waals surface area contributed by atoms with E-state index < -0.39 is 25.2 Å². The third kappa shape index (κ3) is 5.34. The van der Waals surface area contributed by atoms with Crippen LogP contribution in [0.5, 0.6) is 0 Å². The predicted octanol–water partition coefficient (Wildman–Crippen LogP) is 5.28. The van der Waals surface area contributed by atoms with Gasteiger partial charge in [0.05, 0.1) is 0 Å². The van der Waals surface area contributed by atoms with Gasteiger partial charge in [0.1, 0.15) is 0 Å². The van der Waals surface area contributed by atoms with E-state index in [1.54, 1.807) is 0 Å². The largest absolute Gasteiger partial charge is 0.429 e. The van der Waals surface area contributed by atoms with Gasteiger partial charge in [0.25, 0.3) is 0 Å². The van der Waals surface area contributed by atoms with Crippen molar-refractivity contribution in [3.05, 3.63) is 121 Å². The van der Waals surface area contributed by atoms with Crippen molar-refractivity contribution in [2.45, 2.75) is 39.0 Å². The quantitative estimate of drug-likeness (QED) is 0.269. The van der Waals surface area contributed by atoms with Crippen LogP contribution in [-0.4, -0.2) is 25.2 Å². The van der Waals surface area contributed by atoms with Crippen LogP contribution in [0.4, 0.5) is 0 Å². The highest BCUT2D eigenvalue weighted by Crippen LogP contribution is 2.28. The van der Waals surface area contributed by atoms with Crippen molar-refractivity contribution in [1.82, 2.24) is 0 Å². The van der Waals surface area contributed by atoms with E-state index in [-0.39, 0.29) is 0 Å². The summed E-state index contributed by atoms with van der Waals surface area (Å²) in [5.41, 5.74) is 0. The van der Waals surface area contributed by atoms with E-state index in [4.69, 9.17) is 8.23 Å². The summed E-state index contributed by atoms with van der Waals surface area (Å²) in [5.74, 6) is 0. The molecule has 4 aromatic carbocycles. The molecule has 2 nitrogen and oxygen atoms in total. The zero-order valence-corrected chi connectivity index (χ0v) is 24.3. The molecule has 0 bridgehead atoms. The fourth-order valence-electron chi connectivity index (χ4n) is 4.90. The van der Waals surface area contributed by atoms with Crippen molar-refractivity contribution < 1.29 is 8.23 Å². The van der Waals surface area contributed by atoms with Crippen molar-refractivity contribution in [2.24, 2.45) is 0 Å². The zero-order valence-electron chi connectivity index (χ0n) is 21.3. The molecule has 0 amide bonds. The highest BCUT2D eigenvalue weighted by Gasteiger charge is 2.50. The molecule has 0 radical (unpaired) electrons. The minimum Gasteiger partial charge on any atom is -0.429 e. The van der Waals surface area contributed by atoms with Gasteiger partial charge in [0.2, 0.25) is 16.6 Å². The number of rotatable bonds is 10. The van der Waals surface area contributed by atoms with E-state index in [0.717, 1.165) is 12.1 Å². The highest BCUT2D eigenvalue weighted by atomic mass is 28.5. The molecule has 0 aliphatic heterocycles. The van der Waals surface area contributed by atoms with Gasteiger partial charge in [-0.15, -0.1) is 0 Å². The predicted molar refractivity (Wildman–Crippen MR) is 156 cm³/mol. The summed E-state index contributed by atoms with van der Waals surface area (Å²) in [6.07, 6.45) is 0. The van der Waals surface area contributed by atoms with Gasteiger partial charge in [-0.25, -0.2) is 0 Å². The molecule has 35 heavy (non-hydrogen) atoms. The monoisotopic (exact) mass is 512 g/mol. The molecular weight excluding hydrogens is 477 g/mol. The standard InChI is InChI=1S/C30H36O2Si3/c1-5-35(6-2,31-33(3,27-19-11-7-12-20-27)28-21-13-8-14-22-28)32-34(4,29-23-15-9-16-24-29)30-25-17-10-18-26-30/h7-26H,5-6H2,1-4H3. The molecule has 0 atom stereocenters. The number of benzene rings is 4. The summed E-state index contributed by atoms with van der Waals surface area (Å²) in [5, 5.41) is 5.15. The Morgan fingerprint density at radius 3 is 0.857 bits per heavy atom. The maximum absolute atomic E-state index is 7.53. The third-order valence-electron chi connectivity index (χ3n) is 7.16. The van der Waals surface area contributed by atoms with Gasteiger partial charge >= 0.3 is 8.56 Å². The Morgan fingerprint density at radius 2 is 0.657 bits per heavy atom. The van der Waals surface area contributed by atoms with Gasteiger partial charge in [-0.3, -0.25) is 0 Å². The molecular formula is C30H36O2Si3. The van der Waals surface area contributed by atoms with Crippen LogP contribution in [0.15, 0.2) is 121 Å². The second-order valence-corrected chi connectivity index (χ2v) is 20.7. The lowest BCUT2D eigenvalue weighted by molar-refractivity contribution is 0.387. The van der Waals surface area contributed by atoms with Crippen LogP contribution in [-0.2, 0) is 8.23 Å². The first kappa shape index (κ1) is 25.5. The molecule has 5 heteroatoms. The first-order valence-electron chi connectivity index (χ1n) is 12.6. The average molecular weight is 513 g/mol. The van der Waals surface area contributed by atoms with Gasteiger partial charge in [-0.05, 0) is 45.9 Å². The molecule has 0 aromatic heterocycles. The van der Waals surface area contributed by atoms with Crippen LogP contribution in [0.2, 0.25) is 25.2 Å². The zero-order chi connectivity index (χ0) is 24.8. The summed E-state index contributed by atoms with van der Waals surface area (Å²) in [4.78, 5) is 0. The van der Waals surface area contributed by atoms with E-state index >= 15 is 0 Å². The van der Waals surface area contributed by atoms with Crippen LogP contribution in [0.25, 0.3) is 0 Å². The fourth-order valence-corrected chi connectivity index (χ4v) is 20.1. The third-order valence-corrected chi connectivity index (χ3v) is 21.3. The number of hydrogen-bond acceptors (Lipinski definition) is 2. The maximum Gasteiger partial charge on any atom is 0.317 e. The second kappa shape index (κ2) is 11.0. The molecule has 0 N–H and O–H groups in total. The molecule has 0 fully saturated rings. The molecule has 0 aliphatic rings. The molecule has 4 rings (SSSR count). The minimum absolute atomic E-state index is 0.911. The smallest absolute Gasteiger partial charge is 0.317 e. The lowest BCUT2D eigenvalue weighted by atomic mass is 10.4. The van der Waals surface area contributed by atoms with Crippen molar-refractivity contribution in [3.8, 4) is 0 Å². The Morgan fingerprint density at radius 1 is 0.429 bits per heavy atom. The van der Waals surface area contributed by atoms with Gasteiger partial charge in [-0.2, -0.15) is 0 Å². The normalized spacial score (nSPS) is 12.5. The highest BCUT2D eigenvalue weighted by molar-refractivity contribution is 7.05. The van der Waals surface area contributed by atoms with Crippen LogP contribution in [0.3, 0.4) is 0 Å². The van der Waals surface area contributed by atoms with E-state index in [2.05, 4.69) is 148 Å². The Balaban J connectivity index is 1.83. The van der Waals surface area contributed by atoms with Crippen LogP contribution < -0.4 is 20.7 Å². The van der Waals surface area contributed by atoms with Crippen molar-refractivity contribution in [1.29, 1.82) is 0 Å². The Hall–Kier alpha value is -2.55. The van der Waals surface area contributed by atoms with E-state index in [1.807, 2.05) is 0 Å². The lowest BCUT2D eigenvalue weighted by Gasteiger charge is -2.44. The SMILES string of the molecule is CC[Si](CC)(O[Si](C)(c1ccccc1)c1ccccc1)O[Si](C)(c1ccccc1)c1ccccc1. The molecule has 0 unspecified atom stereocenters. The van der Waals surface area contributed by atoms with Gasteiger partial charge in [0, 0.05) is 0 Å². The minimum atomic E-state index is -2.62. The maximum atomic E-state index is 7.53. The van der Waals surface area contributed by atoms with E-state index in [9.17, 15) is 0 Å². The van der Waals surface area contributed by atoms with E-state index in [0.29, 0.717) is 0 Å². The summed E-state index contributed by atoms with van der Waals surface area (Å²) in [6, 6.07) is 45.0. The van der Waals surface area contributed by atoms with Crippen LogP contribution in [0, 0.1) is 0 Å². The summed E-state index contributed by atoms with van der Waals surface area (Å²) in [7, 11) is -7.67. The first-order chi connectivity index (χ1) is 17.0. The topological polar surface area (TPSA) is 18.5 Å². The van der Waals surface area contributed by atoms with Crippen molar-refractivity contribution in [2.75, 3.05) is 0 Å². The molecule has 0 spiro atoms. The molecule has 0 aliphatic carbocycles. The Kier molecular flexibility index (Phi) is 8.04. The second-order valence-electron chi connectivity index (χ2n) is 9.35. The van der Waals surface area contributed by atoms with Crippen molar-refractivity contribution >= 4 is 45.9 Å². The Labute approximate surface area is 214 Å². The fraction of sp³-hybridized carbons (Fsp3) is 0.200. The molecule has 0 saturated carbocycles. The summed E-state index contributed by atoms with van der Waals surface area (Å²) in [6.45, 7) is 9.20.